The van der Waals surface area contributed by atoms with Crippen molar-refractivity contribution in [2.75, 3.05) is 13.1 Å². The second kappa shape index (κ2) is 10.5. The molecule has 3 heterocycles. The van der Waals surface area contributed by atoms with E-state index in [4.69, 9.17) is 0 Å². The Balaban J connectivity index is 1.12. The van der Waals surface area contributed by atoms with Crippen LogP contribution >= 0.6 is 11.3 Å². The van der Waals surface area contributed by atoms with Crippen molar-refractivity contribution in [3.05, 3.63) is 87.5 Å². The van der Waals surface area contributed by atoms with Crippen LogP contribution in [0.15, 0.2) is 54.0 Å². The van der Waals surface area contributed by atoms with Crippen LogP contribution in [0, 0.1) is 11.6 Å². The van der Waals surface area contributed by atoms with Gasteiger partial charge in [0.2, 0.25) is 5.91 Å². The number of thiazole rings is 1. The highest BCUT2D eigenvalue weighted by atomic mass is 32.1. The highest BCUT2D eigenvalue weighted by Crippen LogP contribution is 2.31. The van der Waals surface area contributed by atoms with E-state index in [1.54, 1.807) is 5.38 Å². The zero-order chi connectivity index (χ0) is 25.9. The first-order chi connectivity index (χ1) is 17.9. The minimum absolute atomic E-state index is 0.0794. The Hall–Kier alpha value is -4.12. The molecule has 0 spiro atoms. The van der Waals surface area contributed by atoms with E-state index < -0.39 is 29.0 Å². The lowest BCUT2D eigenvalue weighted by Crippen LogP contribution is -2.42. The summed E-state index contributed by atoms with van der Waals surface area (Å²) in [7, 11) is 0. The Kier molecular flexibility index (Phi) is 6.95. The standard InChI is InChI=1S/C26H23F2N5O3S/c27-17-5-6-19(20(28)12-17)24(35)31-32-25(36)22-14-37-26(30-22)15-7-9-33(10-8-15)23(34)11-16-13-29-21-4-2-1-3-18(16)21/h1-6,12-15,29H,7-11H2,(H,31,35)(H,32,36). The molecule has 1 saturated heterocycles. The highest BCUT2D eigenvalue weighted by molar-refractivity contribution is 7.09. The zero-order valence-electron chi connectivity index (χ0n) is 19.6. The highest BCUT2D eigenvalue weighted by Gasteiger charge is 2.27. The summed E-state index contributed by atoms with van der Waals surface area (Å²) in [6.07, 6.45) is 3.68. The van der Waals surface area contributed by atoms with Crippen molar-refractivity contribution in [2.24, 2.45) is 0 Å². The predicted octanol–water partition coefficient (Wildman–Crippen LogP) is 3.93. The molecule has 2 aromatic heterocycles. The molecule has 1 fully saturated rings. The van der Waals surface area contributed by atoms with Crippen molar-refractivity contribution in [2.45, 2.75) is 25.2 Å². The minimum atomic E-state index is -1.03. The number of likely N-dealkylation sites (tertiary alicyclic amines) is 1. The number of aromatic amines is 1. The van der Waals surface area contributed by atoms with Crippen LogP contribution in [0.25, 0.3) is 10.9 Å². The average molecular weight is 524 g/mol. The van der Waals surface area contributed by atoms with Crippen LogP contribution in [-0.4, -0.2) is 45.7 Å². The van der Waals surface area contributed by atoms with Crippen molar-refractivity contribution < 1.29 is 23.2 Å². The number of piperidine rings is 1. The number of hydrogen-bond acceptors (Lipinski definition) is 5. The number of H-pyrrole nitrogens is 1. The van der Waals surface area contributed by atoms with Gasteiger partial charge in [0.1, 0.15) is 17.3 Å². The number of carbonyl (C=O) groups excluding carboxylic acids is 3. The summed E-state index contributed by atoms with van der Waals surface area (Å²) in [6.45, 7) is 1.21. The zero-order valence-corrected chi connectivity index (χ0v) is 20.4. The van der Waals surface area contributed by atoms with Crippen LogP contribution in [0.3, 0.4) is 0 Å². The van der Waals surface area contributed by atoms with Gasteiger partial charge in [0, 0.05) is 47.6 Å². The van der Waals surface area contributed by atoms with Crippen molar-refractivity contribution in [3.8, 4) is 0 Å². The van der Waals surface area contributed by atoms with Gasteiger partial charge in [-0.1, -0.05) is 18.2 Å². The van der Waals surface area contributed by atoms with Gasteiger partial charge in [-0.2, -0.15) is 0 Å². The third-order valence-electron chi connectivity index (χ3n) is 6.43. The van der Waals surface area contributed by atoms with Gasteiger partial charge in [0.15, 0.2) is 0 Å². The first-order valence-electron chi connectivity index (χ1n) is 11.7. The Labute approximate surface area is 214 Å². The lowest BCUT2D eigenvalue weighted by atomic mass is 9.97. The molecule has 190 valence electrons. The first kappa shape index (κ1) is 24.6. The van der Waals surface area contributed by atoms with Gasteiger partial charge in [0.25, 0.3) is 11.8 Å². The SMILES string of the molecule is O=C(NNC(=O)c1ccc(F)cc1F)c1csc(C2CCN(C(=O)Cc3c[nH]c4ccccc34)CC2)n1. The van der Waals surface area contributed by atoms with E-state index in [0.717, 1.165) is 46.4 Å². The normalized spacial score (nSPS) is 14.1. The Morgan fingerprint density at radius 3 is 2.59 bits per heavy atom. The fourth-order valence-corrected chi connectivity index (χ4v) is 5.40. The summed E-state index contributed by atoms with van der Waals surface area (Å²) in [6, 6.07) is 10.4. The second-order valence-corrected chi connectivity index (χ2v) is 9.68. The summed E-state index contributed by atoms with van der Waals surface area (Å²) < 4.78 is 26.8. The van der Waals surface area contributed by atoms with Crippen LogP contribution in [-0.2, 0) is 11.2 Å². The molecule has 8 nitrogen and oxygen atoms in total. The van der Waals surface area contributed by atoms with Gasteiger partial charge in [-0.25, -0.2) is 13.8 Å². The third-order valence-corrected chi connectivity index (χ3v) is 7.44. The molecule has 0 radical (unpaired) electrons. The van der Waals surface area contributed by atoms with E-state index in [-0.39, 0.29) is 17.5 Å². The summed E-state index contributed by atoms with van der Waals surface area (Å²) in [4.78, 5) is 46.8. The van der Waals surface area contributed by atoms with E-state index in [9.17, 15) is 23.2 Å². The Morgan fingerprint density at radius 2 is 1.81 bits per heavy atom. The molecule has 1 aliphatic heterocycles. The van der Waals surface area contributed by atoms with E-state index in [2.05, 4.69) is 20.8 Å². The Morgan fingerprint density at radius 1 is 1.05 bits per heavy atom. The van der Waals surface area contributed by atoms with E-state index in [1.807, 2.05) is 35.4 Å². The summed E-state index contributed by atoms with van der Waals surface area (Å²) >= 11 is 1.34. The molecule has 11 heteroatoms. The van der Waals surface area contributed by atoms with Crippen LogP contribution in [0.1, 0.15) is 50.2 Å². The maximum absolute atomic E-state index is 13.7. The van der Waals surface area contributed by atoms with Crippen LogP contribution in [0.4, 0.5) is 8.78 Å². The van der Waals surface area contributed by atoms with E-state index in [0.29, 0.717) is 25.6 Å². The molecule has 4 aromatic rings. The number of nitrogens with one attached hydrogen (secondary N) is 3. The molecular weight excluding hydrogens is 500 g/mol. The van der Waals surface area contributed by atoms with Gasteiger partial charge < -0.3 is 9.88 Å². The lowest BCUT2D eigenvalue weighted by molar-refractivity contribution is -0.131. The molecule has 0 atom stereocenters. The van der Waals surface area contributed by atoms with Gasteiger partial charge in [-0.15, -0.1) is 11.3 Å². The molecule has 0 bridgehead atoms. The predicted molar refractivity (Wildman–Crippen MR) is 134 cm³/mol. The van der Waals surface area contributed by atoms with Crippen LogP contribution < -0.4 is 10.9 Å². The number of hydrazine groups is 1. The molecule has 3 N–H and O–H groups in total. The molecule has 3 amide bonds. The monoisotopic (exact) mass is 523 g/mol. The lowest BCUT2D eigenvalue weighted by Gasteiger charge is -2.31. The molecular formula is C26H23F2N5O3S. The molecule has 2 aromatic carbocycles. The number of aromatic nitrogens is 2. The molecule has 37 heavy (non-hydrogen) atoms. The largest absolute Gasteiger partial charge is 0.361 e. The number of halogens is 2. The van der Waals surface area contributed by atoms with Crippen molar-refractivity contribution in [3.63, 3.8) is 0 Å². The Bertz CT molecular complexity index is 1480. The van der Waals surface area contributed by atoms with Crippen molar-refractivity contribution in [1.82, 2.24) is 25.7 Å². The number of amides is 3. The smallest absolute Gasteiger partial charge is 0.289 e. The minimum Gasteiger partial charge on any atom is -0.361 e. The molecule has 0 saturated carbocycles. The fourth-order valence-electron chi connectivity index (χ4n) is 4.43. The number of para-hydroxylation sites is 1. The van der Waals surface area contributed by atoms with E-state index >= 15 is 0 Å². The van der Waals surface area contributed by atoms with Crippen LogP contribution in [0.5, 0.6) is 0 Å². The number of fused-ring (bicyclic) bond motifs is 1. The quantitative estimate of drug-likeness (QED) is 0.345. The summed E-state index contributed by atoms with van der Waals surface area (Å²) in [5.41, 5.74) is 6.03. The summed E-state index contributed by atoms with van der Waals surface area (Å²) in [5, 5.41) is 3.42. The molecule has 5 rings (SSSR count). The van der Waals surface area contributed by atoms with Crippen LogP contribution in [0.2, 0.25) is 0 Å². The second-order valence-electron chi connectivity index (χ2n) is 8.79. The number of benzene rings is 2. The first-order valence-corrected chi connectivity index (χ1v) is 12.6. The molecule has 0 aliphatic carbocycles. The maximum Gasteiger partial charge on any atom is 0.289 e. The molecule has 0 unspecified atom stereocenters. The number of hydrogen-bond donors (Lipinski definition) is 3. The van der Waals surface area contributed by atoms with E-state index in [1.165, 1.54) is 11.3 Å². The topological polar surface area (TPSA) is 107 Å². The van der Waals surface area contributed by atoms with Crippen molar-refractivity contribution in [1.29, 1.82) is 0 Å². The average Bonchev–Trinajstić information content (AvgIpc) is 3.55. The van der Waals surface area contributed by atoms with Crippen molar-refractivity contribution >= 4 is 40.0 Å². The fraction of sp³-hybridized carbons (Fsp3) is 0.231. The third kappa shape index (κ3) is 5.36. The number of rotatable bonds is 5. The van der Waals surface area contributed by atoms with Gasteiger partial charge in [0.05, 0.1) is 17.0 Å². The molecule has 1 aliphatic rings. The summed E-state index contributed by atoms with van der Waals surface area (Å²) in [5.74, 6) is -3.20. The van der Waals surface area contributed by atoms with Gasteiger partial charge in [-0.05, 0) is 36.6 Å². The van der Waals surface area contributed by atoms with Gasteiger partial charge >= 0.3 is 0 Å². The van der Waals surface area contributed by atoms with Gasteiger partial charge in [-0.3, -0.25) is 25.2 Å². The number of carbonyl (C=O) groups is 3. The number of nitrogens with zero attached hydrogens (tertiary/aromatic N) is 2. The maximum atomic E-state index is 13.7.